The molecule has 0 saturated carbocycles. The second kappa shape index (κ2) is 7.74. The molecule has 8 heteroatoms. The zero-order valence-corrected chi connectivity index (χ0v) is 15.5. The Balaban J connectivity index is 1.74. The summed E-state index contributed by atoms with van der Waals surface area (Å²) < 4.78 is 20.1. The number of thioether (sulfide) groups is 1. The van der Waals surface area contributed by atoms with E-state index in [9.17, 15) is 9.18 Å². The van der Waals surface area contributed by atoms with Crippen LogP contribution in [0, 0.1) is 12.7 Å². The maximum Gasteiger partial charge on any atom is 0.237 e. The van der Waals surface area contributed by atoms with E-state index in [2.05, 4.69) is 15.5 Å². The van der Waals surface area contributed by atoms with Gasteiger partial charge < -0.3 is 14.3 Å². The summed E-state index contributed by atoms with van der Waals surface area (Å²) >= 11 is 1.34. The van der Waals surface area contributed by atoms with Gasteiger partial charge in [-0.25, -0.2) is 4.39 Å². The van der Waals surface area contributed by atoms with Gasteiger partial charge in [-0.15, -0.1) is 10.2 Å². The molecule has 1 aromatic carbocycles. The molecule has 1 amide bonds. The summed E-state index contributed by atoms with van der Waals surface area (Å²) in [6.45, 7) is 3.79. The molecule has 136 valence electrons. The average molecular weight is 374 g/mol. The Labute approximate surface area is 154 Å². The minimum Gasteiger partial charge on any atom is -0.469 e. The lowest BCUT2D eigenvalue weighted by atomic mass is 10.2. The van der Waals surface area contributed by atoms with Crippen molar-refractivity contribution in [1.29, 1.82) is 0 Å². The Bertz CT molecular complexity index is 904. The molecule has 1 N–H and O–H groups in total. The smallest absolute Gasteiger partial charge is 0.237 e. The molecule has 26 heavy (non-hydrogen) atoms. The minimum atomic E-state index is -0.346. The molecule has 0 spiro atoms. The molecule has 1 atom stereocenters. The van der Waals surface area contributed by atoms with Crippen LogP contribution in [0.3, 0.4) is 0 Å². The van der Waals surface area contributed by atoms with E-state index >= 15 is 0 Å². The van der Waals surface area contributed by atoms with Gasteiger partial charge in [0.25, 0.3) is 0 Å². The van der Waals surface area contributed by atoms with Gasteiger partial charge in [-0.1, -0.05) is 18.7 Å². The Morgan fingerprint density at radius 1 is 1.31 bits per heavy atom. The number of aryl methyl sites for hydroxylation is 1. The maximum absolute atomic E-state index is 13.0. The van der Waals surface area contributed by atoms with Crippen molar-refractivity contribution in [3.63, 3.8) is 0 Å². The van der Waals surface area contributed by atoms with Gasteiger partial charge in [0.1, 0.15) is 11.6 Å². The lowest BCUT2D eigenvalue weighted by Crippen LogP contribution is -2.25. The summed E-state index contributed by atoms with van der Waals surface area (Å²) in [5.74, 6) is 0.949. The predicted octanol–water partition coefficient (Wildman–Crippen LogP) is 4.03. The van der Waals surface area contributed by atoms with Crippen molar-refractivity contribution in [3.8, 4) is 11.4 Å². The third-order valence-electron chi connectivity index (χ3n) is 3.96. The van der Waals surface area contributed by atoms with Crippen LogP contribution in [0.4, 0.5) is 10.1 Å². The molecule has 1 unspecified atom stereocenters. The lowest BCUT2D eigenvalue weighted by molar-refractivity contribution is -0.115. The van der Waals surface area contributed by atoms with Gasteiger partial charge >= 0.3 is 0 Å². The average Bonchev–Trinajstić information content (AvgIpc) is 3.20. The number of nitrogens with one attached hydrogen (secondary N) is 1. The highest BCUT2D eigenvalue weighted by Crippen LogP contribution is 2.29. The molecule has 0 aliphatic rings. The second-order valence-electron chi connectivity index (χ2n) is 5.77. The van der Waals surface area contributed by atoms with Gasteiger partial charge in [0.2, 0.25) is 5.91 Å². The number of furan rings is 1. The van der Waals surface area contributed by atoms with Gasteiger partial charge in [-0.05, 0) is 43.7 Å². The summed E-state index contributed by atoms with van der Waals surface area (Å²) in [5, 5.41) is 11.5. The highest BCUT2D eigenvalue weighted by molar-refractivity contribution is 8.00. The molecule has 0 saturated heterocycles. The first kappa shape index (κ1) is 18.2. The Morgan fingerprint density at radius 2 is 2.04 bits per heavy atom. The number of anilines is 1. The maximum atomic E-state index is 13.0. The zero-order valence-electron chi connectivity index (χ0n) is 14.7. The van der Waals surface area contributed by atoms with Crippen LogP contribution in [0.5, 0.6) is 0 Å². The van der Waals surface area contributed by atoms with E-state index in [1.54, 1.807) is 6.26 Å². The SMILES string of the molecule is CCC(Sc1nnc(-c2ccoc2C)n1C)C(=O)Nc1ccc(F)cc1. The van der Waals surface area contributed by atoms with Crippen molar-refractivity contribution in [1.82, 2.24) is 14.8 Å². The van der Waals surface area contributed by atoms with Crippen LogP contribution < -0.4 is 5.32 Å². The van der Waals surface area contributed by atoms with Gasteiger partial charge in [0.15, 0.2) is 11.0 Å². The van der Waals surface area contributed by atoms with Crippen molar-refractivity contribution < 1.29 is 13.6 Å². The number of nitrogens with zero attached hydrogens (tertiary/aromatic N) is 3. The first-order valence-electron chi connectivity index (χ1n) is 8.16. The van der Waals surface area contributed by atoms with Gasteiger partial charge in [0.05, 0.1) is 17.1 Å². The molecule has 6 nitrogen and oxygen atoms in total. The molecule has 2 aromatic heterocycles. The van der Waals surface area contributed by atoms with Crippen molar-refractivity contribution in [2.24, 2.45) is 7.05 Å². The molecular formula is C18H19FN4O2S. The van der Waals surface area contributed by atoms with E-state index in [1.165, 1.54) is 36.0 Å². The number of carbonyl (C=O) groups excluding carboxylic acids is 1. The quantitative estimate of drug-likeness (QED) is 0.660. The van der Waals surface area contributed by atoms with Crippen LogP contribution in [0.1, 0.15) is 19.1 Å². The van der Waals surface area contributed by atoms with Crippen molar-refractivity contribution in [2.45, 2.75) is 30.7 Å². The van der Waals surface area contributed by atoms with Crippen LogP contribution in [0.2, 0.25) is 0 Å². The monoisotopic (exact) mass is 374 g/mol. The Hall–Kier alpha value is -2.61. The molecule has 0 aliphatic heterocycles. The number of rotatable bonds is 6. The molecule has 3 aromatic rings. The van der Waals surface area contributed by atoms with Crippen LogP contribution >= 0.6 is 11.8 Å². The van der Waals surface area contributed by atoms with Crippen LogP contribution in [-0.2, 0) is 11.8 Å². The number of benzene rings is 1. The number of hydrogen-bond acceptors (Lipinski definition) is 5. The van der Waals surface area contributed by atoms with Gasteiger partial charge in [-0.3, -0.25) is 4.79 Å². The summed E-state index contributed by atoms with van der Waals surface area (Å²) in [7, 11) is 1.86. The molecule has 0 fully saturated rings. The second-order valence-corrected chi connectivity index (χ2v) is 6.94. The third kappa shape index (κ3) is 3.80. The molecule has 0 aliphatic carbocycles. The van der Waals surface area contributed by atoms with E-state index in [-0.39, 0.29) is 17.0 Å². The molecular weight excluding hydrogens is 355 g/mol. The Kier molecular flexibility index (Phi) is 5.41. The first-order chi connectivity index (χ1) is 12.5. The van der Waals surface area contributed by atoms with E-state index < -0.39 is 0 Å². The van der Waals surface area contributed by atoms with Crippen molar-refractivity contribution in [3.05, 3.63) is 48.2 Å². The third-order valence-corrected chi connectivity index (χ3v) is 5.36. The lowest BCUT2D eigenvalue weighted by Gasteiger charge is -2.14. The first-order valence-corrected chi connectivity index (χ1v) is 9.04. The fourth-order valence-electron chi connectivity index (χ4n) is 2.47. The summed E-state index contributed by atoms with van der Waals surface area (Å²) in [5.41, 5.74) is 1.43. The summed E-state index contributed by atoms with van der Waals surface area (Å²) in [6, 6.07) is 7.53. The molecule has 2 heterocycles. The van der Waals surface area contributed by atoms with Gasteiger partial charge in [0, 0.05) is 12.7 Å². The fraction of sp³-hybridized carbons (Fsp3) is 0.278. The number of carbonyl (C=O) groups is 1. The van der Waals surface area contributed by atoms with E-state index in [1.807, 2.05) is 31.5 Å². The highest BCUT2D eigenvalue weighted by atomic mass is 32.2. The van der Waals surface area contributed by atoms with E-state index in [0.29, 0.717) is 23.1 Å². The number of hydrogen-bond donors (Lipinski definition) is 1. The topological polar surface area (TPSA) is 73.0 Å². The molecule has 0 bridgehead atoms. The van der Waals surface area contributed by atoms with Crippen LogP contribution in [0.15, 0.2) is 46.2 Å². The largest absolute Gasteiger partial charge is 0.469 e. The van der Waals surface area contributed by atoms with Crippen molar-refractivity contribution in [2.75, 3.05) is 5.32 Å². The van der Waals surface area contributed by atoms with Crippen LogP contribution in [0.25, 0.3) is 11.4 Å². The van der Waals surface area contributed by atoms with E-state index in [4.69, 9.17) is 4.42 Å². The minimum absolute atomic E-state index is 0.159. The Morgan fingerprint density at radius 3 is 2.65 bits per heavy atom. The number of aromatic nitrogens is 3. The number of halogens is 1. The fourth-order valence-corrected chi connectivity index (χ4v) is 3.39. The van der Waals surface area contributed by atoms with Crippen molar-refractivity contribution >= 4 is 23.4 Å². The summed E-state index contributed by atoms with van der Waals surface area (Å²) in [6.07, 6.45) is 2.22. The summed E-state index contributed by atoms with van der Waals surface area (Å²) in [4.78, 5) is 12.5. The van der Waals surface area contributed by atoms with E-state index in [0.717, 1.165) is 11.3 Å². The number of amides is 1. The van der Waals surface area contributed by atoms with Gasteiger partial charge in [-0.2, -0.15) is 0 Å². The zero-order chi connectivity index (χ0) is 18.7. The standard InChI is InChI=1S/C18H19FN4O2S/c1-4-15(17(24)20-13-7-5-12(19)6-8-13)26-18-22-21-16(23(18)3)14-9-10-25-11(14)2/h5-10,15H,4H2,1-3H3,(H,20,24). The predicted molar refractivity (Wildman–Crippen MR) is 98.4 cm³/mol. The van der Waals surface area contributed by atoms with Crippen LogP contribution in [-0.4, -0.2) is 25.9 Å². The molecule has 3 rings (SSSR count). The normalized spacial score (nSPS) is 12.2. The molecule has 0 radical (unpaired) electrons. The highest BCUT2D eigenvalue weighted by Gasteiger charge is 2.22.